The smallest absolute Gasteiger partial charge is 0.153 e. The number of hydrogen-bond donors (Lipinski definition) is 1. The van der Waals surface area contributed by atoms with E-state index in [1.807, 2.05) is 0 Å². The third-order valence-corrected chi connectivity index (χ3v) is 5.19. The van der Waals surface area contributed by atoms with Crippen LogP contribution in [0.15, 0.2) is 18.2 Å². The predicted molar refractivity (Wildman–Crippen MR) is 71.7 cm³/mol. The molecule has 0 amide bonds. The van der Waals surface area contributed by atoms with E-state index in [9.17, 15) is 12.8 Å². The van der Waals surface area contributed by atoms with E-state index in [-0.39, 0.29) is 12.1 Å². The molecule has 1 N–H and O–H groups in total. The molecule has 104 valence electrons. The minimum absolute atomic E-state index is 0.0123. The normalized spacial score (nSPS) is 12.2. The highest BCUT2D eigenvalue weighted by Crippen LogP contribution is 2.14. The number of sulfone groups is 1. The molecule has 0 spiro atoms. The molecule has 0 bridgehead atoms. The lowest BCUT2D eigenvalue weighted by atomic mass is 10.1. The lowest BCUT2D eigenvalue weighted by Crippen LogP contribution is -2.41. The number of hydrogen-bond acceptors (Lipinski definition) is 4. The van der Waals surface area contributed by atoms with Crippen molar-refractivity contribution in [3.8, 4) is 6.07 Å². The van der Waals surface area contributed by atoms with E-state index in [0.717, 1.165) is 5.56 Å². The van der Waals surface area contributed by atoms with Crippen LogP contribution in [0, 0.1) is 17.1 Å². The Morgan fingerprint density at radius 1 is 1.42 bits per heavy atom. The van der Waals surface area contributed by atoms with Crippen LogP contribution in [0.2, 0.25) is 0 Å². The molecule has 6 heteroatoms. The van der Waals surface area contributed by atoms with Crippen LogP contribution in [0.4, 0.5) is 4.39 Å². The molecular formula is C13H17FN2O2S. The summed E-state index contributed by atoms with van der Waals surface area (Å²) in [5, 5.41) is 11.7. The van der Waals surface area contributed by atoms with Crippen LogP contribution < -0.4 is 5.32 Å². The number of nitrogens with zero attached hydrogens (tertiary/aromatic N) is 1. The average molecular weight is 284 g/mol. The van der Waals surface area contributed by atoms with E-state index in [0.29, 0.717) is 6.54 Å². The molecule has 0 aliphatic heterocycles. The zero-order valence-corrected chi connectivity index (χ0v) is 12.0. The summed E-state index contributed by atoms with van der Waals surface area (Å²) in [7, 11) is -3.15. The molecule has 0 saturated carbocycles. The fourth-order valence-corrected chi connectivity index (χ4v) is 1.77. The third-order valence-electron chi connectivity index (χ3n) is 3.03. The summed E-state index contributed by atoms with van der Waals surface area (Å²) >= 11 is 0. The maximum Gasteiger partial charge on any atom is 0.153 e. The van der Waals surface area contributed by atoms with Gasteiger partial charge < -0.3 is 5.32 Å². The maximum atomic E-state index is 13.1. The molecule has 1 aromatic carbocycles. The summed E-state index contributed by atoms with van der Waals surface area (Å²) in [5.74, 6) is -0.553. The van der Waals surface area contributed by atoms with Gasteiger partial charge in [0.15, 0.2) is 9.84 Å². The first-order valence-corrected chi connectivity index (χ1v) is 7.65. The quantitative estimate of drug-likeness (QED) is 0.892. The summed E-state index contributed by atoms with van der Waals surface area (Å²) in [5.41, 5.74) is 0.726. The standard InChI is InChI=1S/C13H17FN2O2S/c1-13(2,19(3,17)18)9-16-8-10-4-5-12(14)11(6-10)7-15/h4-6,16H,8-9H2,1-3H3. The second-order valence-corrected chi connectivity index (χ2v) is 7.71. The molecule has 0 atom stereocenters. The van der Waals surface area contributed by atoms with Crippen molar-refractivity contribution in [2.75, 3.05) is 12.8 Å². The van der Waals surface area contributed by atoms with Crippen molar-refractivity contribution in [2.45, 2.75) is 25.1 Å². The van der Waals surface area contributed by atoms with E-state index in [1.54, 1.807) is 26.0 Å². The van der Waals surface area contributed by atoms with Crippen molar-refractivity contribution in [1.82, 2.24) is 5.32 Å². The lowest BCUT2D eigenvalue weighted by Gasteiger charge is -2.22. The summed E-state index contributed by atoms with van der Waals surface area (Å²) in [6.45, 7) is 3.94. The van der Waals surface area contributed by atoms with Gasteiger partial charge >= 0.3 is 0 Å². The van der Waals surface area contributed by atoms with Gasteiger partial charge in [-0.1, -0.05) is 6.07 Å². The van der Waals surface area contributed by atoms with Crippen molar-refractivity contribution >= 4 is 9.84 Å². The topological polar surface area (TPSA) is 70.0 Å². The zero-order valence-electron chi connectivity index (χ0n) is 11.2. The van der Waals surface area contributed by atoms with Crippen LogP contribution in [0.3, 0.4) is 0 Å². The molecule has 0 aliphatic rings. The minimum Gasteiger partial charge on any atom is -0.311 e. The second kappa shape index (κ2) is 5.68. The Kier molecular flexibility index (Phi) is 4.66. The van der Waals surface area contributed by atoms with E-state index in [4.69, 9.17) is 5.26 Å². The number of nitrogens with one attached hydrogen (secondary N) is 1. The van der Waals surface area contributed by atoms with Crippen molar-refractivity contribution < 1.29 is 12.8 Å². The van der Waals surface area contributed by atoms with Crippen LogP contribution in [0.25, 0.3) is 0 Å². The summed E-state index contributed by atoms with van der Waals surface area (Å²) < 4.78 is 35.3. The highest BCUT2D eigenvalue weighted by Gasteiger charge is 2.29. The summed E-state index contributed by atoms with van der Waals surface area (Å²) in [6.07, 6.45) is 1.19. The first kappa shape index (κ1) is 15.6. The Hall–Kier alpha value is -1.45. The molecule has 0 aliphatic carbocycles. The van der Waals surface area contributed by atoms with Gasteiger partial charge in [0, 0.05) is 19.3 Å². The lowest BCUT2D eigenvalue weighted by molar-refractivity contribution is 0.521. The van der Waals surface area contributed by atoms with Gasteiger partial charge in [-0.05, 0) is 31.5 Å². The molecule has 0 saturated heterocycles. The first-order valence-electron chi connectivity index (χ1n) is 5.76. The molecule has 19 heavy (non-hydrogen) atoms. The number of nitriles is 1. The Morgan fingerprint density at radius 2 is 2.05 bits per heavy atom. The van der Waals surface area contributed by atoms with Crippen LogP contribution in [-0.4, -0.2) is 26.0 Å². The highest BCUT2D eigenvalue weighted by atomic mass is 32.2. The molecule has 1 aromatic rings. The Balaban J connectivity index is 2.67. The minimum atomic E-state index is -3.15. The van der Waals surface area contributed by atoms with Crippen molar-refractivity contribution in [1.29, 1.82) is 5.26 Å². The van der Waals surface area contributed by atoms with Gasteiger partial charge in [-0.3, -0.25) is 0 Å². The molecule has 4 nitrogen and oxygen atoms in total. The monoisotopic (exact) mass is 284 g/mol. The van der Waals surface area contributed by atoms with Crippen LogP contribution in [-0.2, 0) is 16.4 Å². The van der Waals surface area contributed by atoms with E-state index < -0.39 is 20.4 Å². The maximum absolute atomic E-state index is 13.1. The van der Waals surface area contributed by atoms with Crippen LogP contribution >= 0.6 is 0 Å². The number of benzene rings is 1. The molecule has 0 radical (unpaired) electrons. The van der Waals surface area contributed by atoms with E-state index >= 15 is 0 Å². The van der Waals surface area contributed by atoms with Crippen molar-refractivity contribution in [3.63, 3.8) is 0 Å². The van der Waals surface area contributed by atoms with Gasteiger partial charge in [0.2, 0.25) is 0 Å². The predicted octanol–water partition coefficient (Wildman–Crippen LogP) is 1.61. The molecule has 0 fully saturated rings. The number of halogens is 1. The highest BCUT2D eigenvalue weighted by molar-refractivity contribution is 7.92. The van der Waals surface area contributed by atoms with Gasteiger partial charge in [-0.2, -0.15) is 5.26 Å². The fourth-order valence-electron chi connectivity index (χ4n) is 1.41. The van der Waals surface area contributed by atoms with Crippen molar-refractivity contribution in [3.05, 3.63) is 35.1 Å². The third kappa shape index (κ3) is 4.01. The van der Waals surface area contributed by atoms with Crippen molar-refractivity contribution in [2.24, 2.45) is 0 Å². The summed E-state index contributed by atoms with van der Waals surface area (Å²) in [4.78, 5) is 0. The SMILES string of the molecule is CC(C)(CNCc1ccc(F)c(C#N)c1)S(C)(=O)=O. The molecule has 0 aromatic heterocycles. The number of rotatable bonds is 5. The summed E-state index contributed by atoms with van der Waals surface area (Å²) in [6, 6.07) is 6.02. The van der Waals surface area contributed by atoms with Gasteiger partial charge in [-0.15, -0.1) is 0 Å². The molecule has 1 rings (SSSR count). The molecular weight excluding hydrogens is 267 g/mol. The first-order chi connectivity index (χ1) is 8.67. The van der Waals surface area contributed by atoms with Gasteiger partial charge in [0.1, 0.15) is 11.9 Å². The van der Waals surface area contributed by atoms with Gasteiger partial charge in [-0.25, -0.2) is 12.8 Å². The largest absolute Gasteiger partial charge is 0.311 e. The second-order valence-electron chi connectivity index (χ2n) is 5.06. The Bertz CT molecular complexity index is 604. The van der Waals surface area contributed by atoms with E-state index in [2.05, 4.69) is 5.32 Å². The van der Waals surface area contributed by atoms with Gasteiger partial charge in [0.05, 0.1) is 10.3 Å². The van der Waals surface area contributed by atoms with Gasteiger partial charge in [0.25, 0.3) is 0 Å². The Labute approximate surface area is 113 Å². The van der Waals surface area contributed by atoms with E-state index in [1.165, 1.54) is 18.4 Å². The Morgan fingerprint density at radius 3 is 2.58 bits per heavy atom. The van der Waals surface area contributed by atoms with Crippen LogP contribution in [0.1, 0.15) is 25.0 Å². The average Bonchev–Trinajstić information content (AvgIpc) is 2.29. The molecule has 0 unspecified atom stereocenters. The molecule has 0 heterocycles. The van der Waals surface area contributed by atoms with Crippen LogP contribution in [0.5, 0.6) is 0 Å². The zero-order chi connectivity index (χ0) is 14.7. The fraction of sp³-hybridized carbons (Fsp3) is 0.462.